The van der Waals surface area contributed by atoms with Gasteiger partial charge in [0, 0.05) is 17.8 Å². The molecule has 0 fully saturated rings. The lowest BCUT2D eigenvalue weighted by molar-refractivity contribution is 0.294. The SMILES string of the molecule is CCCCOc1ccc(/C=N/c2ccc(-c3ccccc3)cc2)c(OCCCC)c1. The number of unbranched alkanes of at least 4 members (excludes halogenated alkanes) is 2. The van der Waals surface area contributed by atoms with Crippen molar-refractivity contribution in [2.24, 2.45) is 4.99 Å². The Hall–Kier alpha value is -3.07. The molecule has 0 N–H and O–H groups in total. The van der Waals surface area contributed by atoms with Gasteiger partial charge in [0.25, 0.3) is 0 Å². The van der Waals surface area contributed by atoms with Crippen LogP contribution < -0.4 is 9.47 Å². The van der Waals surface area contributed by atoms with Crippen molar-refractivity contribution in [3.05, 3.63) is 78.4 Å². The van der Waals surface area contributed by atoms with Crippen LogP contribution in [0.1, 0.15) is 45.1 Å². The van der Waals surface area contributed by atoms with Crippen LogP contribution in [-0.4, -0.2) is 19.4 Å². The lowest BCUT2D eigenvalue weighted by Crippen LogP contribution is -2.02. The fraction of sp³-hybridized carbons (Fsp3) is 0.296. The molecule has 30 heavy (non-hydrogen) atoms. The number of rotatable bonds is 11. The van der Waals surface area contributed by atoms with Crippen molar-refractivity contribution in [2.75, 3.05) is 13.2 Å². The van der Waals surface area contributed by atoms with E-state index in [9.17, 15) is 0 Å². The van der Waals surface area contributed by atoms with Gasteiger partial charge in [-0.2, -0.15) is 0 Å². The summed E-state index contributed by atoms with van der Waals surface area (Å²) in [6.45, 7) is 5.75. The molecule has 0 aliphatic heterocycles. The maximum atomic E-state index is 6.02. The van der Waals surface area contributed by atoms with E-state index in [1.807, 2.05) is 42.6 Å². The van der Waals surface area contributed by atoms with Gasteiger partial charge in [0.15, 0.2) is 0 Å². The third-order valence-corrected chi connectivity index (χ3v) is 4.83. The Labute approximate surface area is 180 Å². The Morgan fingerprint density at radius 3 is 2.10 bits per heavy atom. The fourth-order valence-electron chi connectivity index (χ4n) is 3.01. The first-order valence-electron chi connectivity index (χ1n) is 10.9. The van der Waals surface area contributed by atoms with Crippen LogP contribution in [0.5, 0.6) is 11.5 Å². The smallest absolute Gasteiger partial charge is 0.131 e. The first-order chi connectivity index (χ1) is 14.8. The van der Waals surface area contributed by atoms with E-state index in [0.29, 0.717) is 6.61 Å². The van der Waals surface area contributed by atoms with Crippen molar-refractivity contribution in [2.45, 2.75) is 39.5 Å². The van der Waals surface area contributed by atoms with Gasteiger partial charge in [-0.05, 0) is 48.2 Å². The molecule has 3 rings (SSSR count). The minimum atomic E-state index is 0.696. The molecule has 3 nitrogen and oxygen atoms in total. The monoisotopic (exact) mass is 401 g/mol. The molecule has 0 aromatic heterocycles. The molecule has 3 aromatic rings. The van der Waals surface area contributed by atoms with Crippen LogP contribution in [0.3, 0.4) is 0 Å². The van der Waals surface area contributed by atoms with E-state index in [4.69, 9.17) is 9.47 Å². The van der Waals surface area contributed by atoms with E-state index in [1.54, 1.807) is 0 Å². The second kappa shape index (κ2) is 11.8. The largest absolute Gasteiger partial charge is 0.493 e. The second-order valence-electron chi connectivity index (χ2n) is 7.27. The highest BCUT2D eigenvalue weighted by molar-refractivity contribution is 5.86. The molecule has 3 aromatic carbocycles. The third-order valence-electron chi connectivity index (χ3n) is 4.83. The molecule has 0 saturated heterocycles. The molecule has 0 bridgehead atoms. The maximum absolute atomic E-state index is 6.02. The Balaban J connectivity index is 1.73. The van der Waals surface area contributed by atoms with Gasteiger partial charge in [-0.1, -0.05) is 69.2 Å². The van der Waals surface area contributed by atoms with Crippen LogP contribution in [0.15, 0.2) is 77.8 Å². The van der Waals surface area contributed by atoms with Gasteiger partial charge in [0.2, 0.25) is 0 Å². The zero-order valence-corrected chi connectivity index (χ0v) is 18.0. The summed E-state index contributed by atoms with van der Waals surface area (Å²) in [7, 11) is 0. The highest BCUT2D eigenvalue weighted by atomic mass is 16.5. The van der Waals surface area contributed by atoms with Crippen molar-refractivity contribution in [3.63, 3.8) is 0 Å². The normalized spacial score (nSPS) is 11.0. The first kappa shape index (κ1) is 21.6. The van der Waals surface area contributed by atoms with Crippen LogP contribution in [0.2, 0.25) is 0 Å². The lowest BCUT2D eigenvalue weighted by atomic mass is 10.1. The molecule has 0 atom stereocenters. The van der Waals surface area contributed by atoms with Crippen LogP contribution in [0.25, 0.3) is 11.1 Å². The number of benzene rings is 3. The summed E-state index contributed by atoms with van der Waals surface area (Å²) in [5, 5.41) is 0. The summed E-state index contributed by atoms with van der Waals surface area (Å²) in [5.41, 5.74) is 4.27. The quantitative estimate of drug-likeness (QED) is 0.246. The summed E-state index contributed by atoms with van der Waals surface area (Å²) in [6, 6.07) is 24.6. The standard InChI is InChI=1S/C27H31NO2/c1-3-5-18-29-26-17-14-24(27(20-26)30-19-6-4-2)21-28-25-15-12-23(13-16-25)22-10-8-7-9-11-22/h7-17,20-21H,3-6,18-19H2,1-2H3/b28-21+. The molecule has 0 unspecified atom stereocenters. The molecule has 0 aliphatic carbocycles. The Morgan fingerprint density at radius 1 is 0.733 bits per heavy atom. The van der Waals surface area contributed by atoms with Gasteiger partial charge in [0.1, 0.15) is 11.5 Å². The van der Waals surface area contributed by atoms with Gasteiger partial charge in [-0.25, -0.2) is 0 Å². The van der Waals surface area contributed by atoms with Crippen LogP contribution in [0, 0.1) is 0 Å². The highest BCUT2D eigenvalue weighted by Gasteiger charge is 2.05. The summed E-state index contributed by atoms with van der Waals surface area (Å²) >= 11 is 0. The van der Waals surface area contributed by atoms with E-state index in [2.05, 4.69) is 55.2 Å². The summed E-state index contributed by atoms with van der Waals surface area (Å²) in [5.74, 6) is 1.67. The van der Waals surface area contributed by atoms with E-state index < -0.39 is 0 Å². The van der Waals surface area contributed by atoms with Crippen molar-refractivity contribution < 1.29 is 9.47 Å². The molecular weight excluding hydrogens is 370 g/mol. The van der Waals surface area contributed by atoms with Crippen molar-refractivity contribution in [3.8, 4) is 22.6 Å². The molecule has 0 saturated carbocycles. The number of hydrogen-bond acceptors (Lipinski definition) is 3. The van der Waals surface area contributed by atoms with Gasteiger partial charge < -0.3 is 9.47 Å². The van der Waals surface area contributed by atoms with Crippen LogP contribution >= 0.6 is 0 Å². The van der Waals surface area contributed by atoms with Crippen molar-refractivity contribution in [1.29, 1.82) is 0 Å². The van der Waals surface area contributed by atoms with Crippen molar-refractivity contribution in [1.82, 2.24) is 0 Å². The minimum absolute atomic E-state index is 0.696. The van der Waals surface area contributed by atoms with Crippen LogP contribution in [-0.2, 0) is 0 Å². The zero-order chi connectivity index (χ0) is 21.0. The number of ether oxygens (including phenoxy) is 2. The average molecular weight is 402 g/mol. The first-order valence-corrected chi connectivity index (χ1v) is 10.9. The van der Waals surface area contributed by atoms with E-state index in [0.717, 1.165) is 55.0 Å². The molecule has 0 amide bonds. The van der Waals surface area contributed by atoms with E-state index in [-0.39, 0.29) is 0 Å². The molecule has 0 spiro atoms. The van der Waals surface area contributed by atoms with Crippen LogP contribution in [0.4, 0.5) is 5.69 Å². The Bertz CT molecular complexity index is 917. The Kier molecular flexibility index (Phi) is 8.52. The average Bonchev–Trinajstić information content (AvgIpc) is 2.80. The maximum Gasteiger partial charge on any atom is 0.131 e. The molecule has 156 valence electrons. The third kappa shape index (κ3) is 6.48. The lowest BCUT2D eigenvalue weighted by Gasteiger charge is -2.12. The summed E-state index contributed by atoms with van der Waals surface area (Å²) < 4.78 is 11.9. The summed E-state index contributed by atoms with van der Waals surface area (Å²) in [4.78, 5) is 4.66. The van der Waals surface area contributed by atoms with Gasteiger partial charge in [-0.3, -0.25) is 4.99 Å². The summed E-state index contributed by atoms with van der Waals surface area (Å²) in [6.07, 6.45) is 6.17. The van der Waals surface area contributed by atoms with Gasteiger partial charge >= 0.3 is 0 Å². The minimum Gasteiger partial charge on any atom is -0.493 e. The predicted molar refractivity (Wildman–Crippen MR) is 126 cm³/mol. The number of hydrogen-bond donors (Lipinski definition) is 0. The second-order valence-corrected chi connectivity index (χ2v) is 7.27. The molecular formula is C27H31NO2. The zero-order valence-electron chi connectivity index (χ0n) is 18.0. The van der Waals surface area contributed by atoms with Gasteiger partial charge in [0.05, 0.1) is 18.9 Å². The fourth-order valence-corrected chi connectivity index (χ4v) is 3.01. The van der Waals surface area contributed by atoms with E-state index in [1.165, 1.54) is 11.1 Å². The topological polar surface area (TPSA) is 30.8 Å². The van der Waals surface area contributed by atoms with Crippen molar-refractivity contribution >= 4 is 11.9 Å². The highest BCUT2D eigenvalue weighted by Crippen LogP contribution is 2.26. The predicted octanol–water partition coefficient (Wildman–Crippen LogP) is 7.46. The van der Waals surface area contributed by atoms with E-state index >= 15 is 0 Å². The molecule has 0 heterocycles. The van der Waals surface area contributed by atoms with Gasteiger partial charge in [-0.15, -0.1) is 0 Å². The molecule has 0 radical (unpaired) electrons. The number of aliphatic imine (C=N–C) groups is 1. The molecule has 0 aliphatic rings. The number of nitrogens with zero attached hydrogens (tertiary/aromatic N) is 1. The Morgan fingerprint density at radius 2 is 1.40 bits per heavy atom. The molecule has 3 heteroatoms.